The summed E-state index contributed by atoms with van der Waals surface area (Å²) in [5, 5.41) is 0. The van der Waals surface area contributed by atoms with Crippen LogP contribution in [-0.4, -0.2) is 0 Å². The first-order valence-electron chi connectivity index (χ1n) is 11.5. The third kappa shape index (κ3) is 4.88. The molecule has 0 fully saturated rings. The normalized spacial score (nSPS) is 11.1. The molecule has 0 atom stereocenters. The van der Waals surface area contributed by atoms with Crippen molar-refractivity contribution in [1.82, 2.24) is 0 Å². The van der Waals surface area contributed by atoms with E-state index in [1.165, 1.54) is 17.7 Å². The Balaban J connectivity index is 1.59. The Hall–Kier alpha value is -3.33. The molecule has 0 amide bonds. The summed E-state index contributed by atoms with van der Waals surface area (Å²) in [6.45, 7) is 4.07. The number of hydrogen-bond acceptors (Lipinski definition) is 0. The van der Waals surface area contributed by atoms with E-state index in [1.807, 2.05) is 31.2 Å². The second-order valence-electron chi connectivity index (χ2n) is 8.37. The summed E-state index contributed by atoms with van der Waals surface area (Å²) in [7, 11) is 0. The van der Waals surface area contributed by atoms with E-state index in [-0.39, 0.29) is 5.56 Å². The Morgan fingerprint density at radius 1 is 0.515 bits per heavy atom. The molecule has 0 nitrogen and oxygen atoms in total. The Bertz CT molecular complexity index is 1240. The third-order valence-electron chi connectivity index (χ3n) is 5.98. The van der Waals surface area contributed by atoms with E-state index in [4.69, 9.17) is 0 Å². The van der Waals surface area contributed by atoms with E-state index < -0.39 is 17.5 Å². The lowest BCUT2D eigenvalue weighted by Gasteiger charge is -2.11. The Kier molecular flexibility index (Phi) is 6.98. The van der Waals surface area contributed by atoms with Crippen molar-refractivity contribution >= 4 is 0 Å². The van der Waals surface area contributed by atoms with Crippen LogP contribution in [0.3, 0.4) is 0 Å². The first-order valence-corrected chi connectivity index (χ1v) is 11.5. The molecule has 4 aromatic carbocycles. The molecule has 0 saturated heterocycles. The van der Waals surface area contributed by atoms with Gasteiger partial charge in [0.1, 0.15) is 5.82 Å². The van der Waals surface area contributed by atoms with Gasteiger partial charge in [0.2, 0.25) is 0 Å². The molecule has 4 rings (SSSR count). The summed E-state index contributed by atoms with van der Waals surface area (Å²) >= 11 is 0. The molecule has 0 bridgehead atoms. The fourth-order valence-corrected chi connectivity index (χ4v) is 4.19. The number of halogens is 3. The van der Waals surface area contributed by atoms with Crippen molar-refractivity contribution in [3.05, 3.63) is 107 Å². The van der Waals surface area contributed by atoms with Gasteiger partial charge in [-0.25, -0.2) is 13.2 Å². The molecule has 168 valence electrons. The Morgan fingerprint density at radius 2 is 1.06 bits per heavy atom. The van der Waals surface area contributed by atoms with Crippen LogP contribution in [0, 0.1) is 17.5 Å². The maximum atomic E-state index is 15.0. The summed E-state index contributed by atoms with van der Waals surface area (Å²) < 4.78 is 43.9. The predicted molar refractivity (Wildman–Crippen MR) is 131 cm³/mol. The molecule has 0 spiro atoms. The molecule has 3 heteroatoms. The van der Waals surface area contributed by atoms with E-state index in [1.54, 1.807) is 18.2 Å². The molecular formula is C30H27F3. The van der Waals surface area contributed by atoms with Crippen molar-refractivity contribution < 1.29 is 13.2 Å². The van der Waals surface area contributed by atoms with Gasteiger partial charge in [0.15, 0.2) is 11.6 Å². The largest absolute Gasteiger partial charge is 0.206 e. The first kappa shape index (κ1) is 22.8. The highest BCUT2D eigenvalue weighted by molar-refractivity contribution is 5.74. The lowest BCUT2D eigenvalue weighted by atomic mass is 9.96. The van der Waals surface area contributed by atoms with Gasteiger partial charge < -0.3 is 0 Å². The van der Waals surface area contributed by atoms with Crippen LogP contribution < -0.4 is 0 Å². The van der Waals surface area contributed by atoms with Crippen molar-refractivity contribution in [1.29, 1.82) is 0 Å². The van der Waals surface area contributed by atoms with E-state index in [0.29, 0.717) is 23.1 Å². The fraction of sp³-hybridized carbons (Fsp3) is 0.200. The van der Waals surface area contributed by atoms with Crippen molar-refractivity contribution in [2.24, 2.45) is 0 Å². The van der Waals surface area contributed by atoms with Crippen LogP contribution in [0.1, 0.15) is 37.8 Å². The molecule has 0 radical (unpaired) electrons. The van der Waals surface area contributed by atoms with Gasteiger partial charge in [-0.3, -0.25) is 0 Å². The van der Waals surface area contributed by atoms with Crippen LogP contribution in [0.25, 0.3) is 33.4 Å². The van der Waals surface area contributed by atoms with E-state index >= 15 is 0 Å². The molecule has 0 N–H and O–H groups in total. The molecule has 4 aromatic rings. The fourth-order valence-electron chi connectivity index (χ4n) is 4.19. The molecule has 33 heavy (non-hydrogen) atoms. The Labute approximate surface area is 193 Å². The number of benzene rings is 4. The zero-order chi connectivity index (χ0) is 23.4. The van der Waals surface area contributed by atoms with Crippen LogP contribution >= 0.6 is 0 Å². The van der Waals surface area contributed by atoms with Gasteiger partial charge >= 0.3 is 0 Å². The maximum absolute atomic E-state index is 15.0. The second kappa shape index (κ2) is 10.1. The molecular weight excluding hydrogens is 417 g/mol. The van der Waals surface area contributed by atoms with Crippen LogP contribution in [0.15, 0.2) is 78.9 Å². The third-order valence-corrected chi connectivity index (χ3v) is 5.98. The summed E-state index contributed by atoms with van der Waals surface area (Å²) in [5.41, 5.74) is 5.37. The minimum Gasteiger partial charge on any atom is -0.206 e. The molecule has 0 aliphatic rings. The minimum atomic E-state index is -0.928. The quantitative estimate of drug-likeness (QED) is 0.267. The number of rotatable bonds is 7. The van der Waals surface area contributed by atoms with Crippen LogP contribution in [0.4, 0.5) is 13.2 Å². The van der Waals surface area contributed by atoms with E-state index in [9.17, 15) is 13.2 Å². The van der Waals surface area contributed by atoms with Crippen LogP contribution in [0.2, 0.25) is 0 Å². The van der Waals surface area contributed by atoms with Crippen molar-refractivity contribution in [3.8, 4) is 33.4 Å². The number of aryl methyl sites for hydroxylation is 2. The van der Waals surface area contributed by atoms with Gasteiger partial charge in [0.05, 0.1) is 0 Å². The summed E-state index contributed by atoms with van der Waals surface area (Å²) in [4.78, 5) is 0. The average Bonchev–Trinajstić information content (AvgIpc) is 2.83. The van der Waals surface area contributed by atoms with Crippen LogP contribution in [-0.2, 0) is 12.8 Å². The van der Waals surface area contributed by atoms with Gasteiger partial charge in [-0.1, -0.05) is 99.5 Å². The van der Waals surface area contributed by atoms with Crippen molar-refractivity contribution in [2.45, 2.75) is 39.5 Å². The van der Waals surface area contributed by atoms with Gasteiger partial charge in [0.25, 0.3) is 0 Å². The van der Waals surface area contributed by atoms with Crippen molar-refractivity contribution in [2.75, 3.05) is 0 Å². The number of hydrogen-bond donors (Lipinski definition) is 0. The molecule has 0 unspecified atom stereocenters. The molecule has 0 aliphatic heterocycles. The lowest BCUT2D eigenvalue weighted by molar-refractivity contribution is 0.500. The van der Waals surface area contributed by atoms with Gasteiger partial charge in [-0.2, -0.15) is 0 Å². The van der Waals surface area contributed by atoms with Gasteiger partial charge in [-0.05, 0) is 52.3 Å². The van der Waals surface area contributed by atoms with Crippen molar-refractivity contribution in [3.63, 3.8) is 0 Å². The molecule has 0 aromatic heterocycles. The smallest absolute Gasteiger partial charge is 0.166 e. The Morgan fingerprint density at radius 3 is 1.67 bits per heavy atom. The lowest BCUT2D eigenvalue weighted by Crippen LogP contribution is -1.97. The second-order valence-corrected chi connectivity index (χ2v) is 8.37. The van der Waals surface area contributed by atoms with E-state index in [2.05, 4.69) is 31.2 Å². The molecule has 0 saturated carbocycles. The summed E-state index contributed by atoms with van der Waals surface area (Å²) in [6, 6.07) is 23.8. The van der Waals surface area contributed by atoms with Gasteiger partial charge in [0, 0.05) is 11.1 Å². The highest BCUT2D eigenvalue weighted by Crippen LogP contribution is 2.32. The maximum Gasteiger partial charge on any atom is 0.166 e. The van der Waals surface area contributed by atoms with Gasteiger partial charge in [-0.15, -0.1) is 0 Å². The highest BCUT2D eigenvalue weighted by atomic mass is 19.2. The standard InChI is InChI=1S/C30H27F3/c1-3-5-20-7-9-21(10-8-20)22-11-13-23(14-12-22)26-17-16-25(19-28(26)31)27-18-15-24(6-4-2)29(32)30(27)33/h7-19H,3-6H2,1-2H3. The van der Waals surface area contributed by atoms with Crippen LogP contribution in [0.5, 0.6) is 0 Å². The zero-order valence-corrected chi connectivity index (χ0v) is 19.0. The monoisotopic (exact) mass is 444 g/mol. The summed E-state index contributed by atoms with van der Waals surface area (Å²) in [6.07, 6.45) is 3.37. The molecule has 0 heterocycles. The average molecular weight is 445 g/mol. The van der Waals surface area contributed by atoms with E-state index in [0.717, 1.165) is 36.0 Å². The highest BCUT2D eigenvalue weighted by Gasteiger charge is 2.16. The zero-order valence-electron chi connectivity index (χ0n) is 19.0. The topological polar surface area (TPSA) is 0 Å². The SMILES string of the molecule is CCCc1ccc(-c2ccc(-c3ccc(-c4ccc(CCC)c(F)c4F)cc3F)cc2)cc1. The predicted octanol–water partition coefficient (Wildman–Crippen LogP) is 9.01. The minimum absolute atomic E-state index is 0.0691. The molecule has 0 aliphatic carbocycles. The first-order chi connectivity index (χ1) is 16.0. The summed E-state index contributed by atoms with van der Waals surface area (Å²) in [5.74, 6) is -2.25.